The van der Waals surface area contributed by atoms with E-state index < -0.39 is 10.8 Å². The van der Waals surface area contributed by atoms with Crippen LogP contribution in [0, 0.1) is 5.82 Å². The van der Waals surface area contributed by atoms with E-state index in [1.807, 2.05) is 0 Å². The zero-order valence-electron chi connectivity index (χ0n) is 8.36. The molecule has 0 spiro atoms. The van der Waals surface area contributed by atoms with Crippen LogP contribution in [-0.4, -0.2) is 15.5 Å². The van der Waals surface area contributed by atoms with Gasteiger partial charge >= 0.3 is 0 Å². The second kappa shape index (κ2) is 4.41. The summed E-state index contributed by atoms with van der Waals surface area (Å²) in [6, 6.07) is 6.18. The fourth-order valence-electron chi connectivity index (χ4n) is 1.95. The second-order valence-electron chi connectivity index (χ2n) is 3.95. The minimum absolute atomic E-state index is 0.0989. The van der Waals surface area contributed by atoms with Gasteiger partial charge in [-0.1, -0.05) is 6.07 Å². The Labute approximate surface area is 91.1 Å². The lowest BCUT2D eigenvalue weighted by molar-refractivity contribution is 0.621. The second-order valence-corrected chi connectivity index (χ2v) is 5.68. The minimum atomic E-state index is -1.11. The number of rotatable bonds is 2. The van der Waals surface area contributed by atoms with E-state index in [4.69, 9.17) is 5.73 Å². The largest absolute Gasteiger partial charge is 0.328 e. The Hall–Kier alpha value is -0.740. The predicted octanol–water partition coefficient (Wildman–Crippen LogP) is 1.81. The van der Waals surface area contributed by atoms with Crippen LogP contribution in [0.2, 0.25) is 0 Å². The molecule has 2 N–H and O–H groups in total. The summed E-state index contributed by atoms with van der Waals surface area (Å²) in [4.78, 5) is 0.578. The molecule has 4 heteroatoms. The van der Waals surface area contributed by atoms with E-state index >= 15 is 0 Å². The fourth-order valence-corrected chi connectivity index (χ4v) is 3.55. The summed E-state index contributed by atoms with van der Waals surface area (Å²) < 4.78 is 25.0. The first-order chi connectivity index (χ1) is 7.16. The van der Waals surface area contributed by atoms with Crippen LogP contribution in [0.3, 0.4) is 0 Å². The summed E-state index contributed by atoms with van der Waals surface area (Å²) in [6.45, 7) is 0. The summed E-state index contributed by atoms with van der Waals surface area (Å²) in [5.41, 5.74) is 5.76. The molecule has 3 unspecified atom stereocenters. The van der Waals surface area contributed by atoms with Gasteiger partial charge in [-0.3, -0.25) is 4.21 Å². The molecule has 0 bridgehead atoms. The maximum absolute atomic E-state index is 12.9. The molecular weight excluding hydrogens is 213 g/mol. The van der Waals surface area contributed by atoms with Gasteiger partial charge in [0.15, 0.2) is 0 Å². The normalized spacial score (nSPS) is 27.9. The van der Waals surface area contributed by atoms with E-state index in [1.54, 1.807) is 12.1 Å². The van der Waals surface area contributed by atoms with E-state index in [0.717, 1.165) is 19.3 Å². The van der Waals surface area contributed by atoms with Crippen LogP contribution in [0.15, 0.2) is 29.2 Å². The van der Waals surface area contributed by atoms with Gasteiger partial charge in [0.2, 0.25) is 0 Å². The summed E-state index contributed by atoms with van der Waals surface area (Å²) in [7, 11) is -1.11. The third kappa shape index (κ3) is 2.44. The maximum atomic E-state index is 12.9. The molecule has 0 heterocycles. The van der Waals surface area contributed by atoms with Crippen LogP contribution in [0.25, 0.3) is 0 Å². The predicted molar refractivity (Wildman–Crippen MR) is 58.4 cm³/mol. The topological polar surface area (TPSA) is 43.1 Å². The molecule has 0 saturated heterocycles. The zero-order valence-corrected chi connectivity index (χ0v) is 9.17. The van der Waals surface area contributed by atoms with E-state index in [1.165, 1.54) is 12.1 Å². The van der Waals surface area contributed by atoms with Crippen molar-refractivity contribution in [1.82, 2.24) is 0 Å². The molecule has 0 aliphatic heterocycles. The molecule has 15 heavy (non-hydrogen) atoms. The molecule has 1 fully saturated rings. The molecule has 82 valence electrons. The van der Waals surface area contributed by atoms with Gasteiger partial charge in [-0.15, -0.1) is 0 Å². The summed E-state index contributed by atoms with van der Waals surface area (Å²) in [5.74, 6) is -0.330. The van der Waals surface area contributed by atoms with Crippen molar-refractivity contribution in [1.29, 1.82) is 0 Å². The number of halogens is 1. The molecule has 1 aliphatic carbocycles. The molecular formula is C11H14FNOS. The SMILES string of the molecule is NC1CCC(S(=O)c2cccc(F)c2)C1. The first kappa shape index (κ1) is 10.8. The molecule has 1 aromatic rings. The average Bonchev–Trinajstić information content (AvgIpc) is 2.64. The molecule has 1 saturated carbocycles. The van der Waals surface area contributed by atoms with Gasteiger partial charge in [0.05, 0.1) is 10.8 Å². The van der Waals surface area contributed by atoms with Crippen molar-refractivity contribution in [2.45, 2.75) is 35.4 Å². The van der Waals surface area contributed by atoms with Gasteiger partial charge in [0.1, 0.15) is 5.82 Å². The lowest BCUT2D eigenvalue weighted by Crippen LogP contribution is -2.18. The van der Waals surface area contributed by atoms with Crippen LogP contribution in [0.4, 0.5) is 4.39 Å². The summed E-state index contributed by atoms with van der Waals surface area (Å²) in [5, 5.41) is 0.0989. The monoisotopic (exact) mass is 227 g/mol. The third-order valence-electron chi connectivity index (χ3n) is 2.76. The van der Waals surface area contributed by atoms with Crippen LogP contribution < -0.4 is 5.73 Å². The van der Waals surface area contributed by atoms with Crippen molar-refractivity contribution in [3.63, 3.8) is 0 Å². The lowest BCUT2D eigenvalue weighted by atomic mass is 10.3. The Bertz CT molecular complexity index is 383. The highest BCUT2D eigenvalue weighted by Gasteiger charge is 2.27. The Morgan fingerprint density at radius 1 is 1.40 bits per heavy atom. The van der Waals surface area contributed by atoms with Crippen molar-refractivity contribution in [2.24, 2.45) is 5.73 Å². The molecule has 0 aromatic heterocycles. The molecule has 1 aliphatic rings. The molecule has 1 aromatic carbocycles. The van der Waals surface area contributed by atoms with E-state index in [2.05, 4.69) is 0 Å². The van der Waals surface area contributed by atoms with Crippen molar-refractivity contribution >= 4 is 10.8 Å². The number of benzene rings is 1. The van der Waals surface area contributed by atoms with E-state index in [9.17, 15) is 8.60 Å². The van der Waals surface area contributed by atoms with Crippen LogP contribution in [0.1, 0.15) is 19.3 Å². The molecule has 0 radical (unpaired) electrons. The minimum Gasteiger partial charge on any atom is -0.328 e. The maximum Gasteiger partial charge on any atom is 0.124 e. The van der Waals surface area contributed by atoms with E-state index in [0.29, 0.717) is 4.90 Å². The molecule has 2 nitrogen and oxygen atoms in total. The first-order valence-corrected chi connectivity index (χ1v) is 6.30. The summed E-state index contributed by atoms with van der Waals surface area (Å²) in [6.07, 6.45) is 2.58. The molecule has 2 rings (SSSR count). The van der Waals surface area contributed by atoms with E-state index in [-0.39, 0.29) is 17.1 Å². The number of hydrogen-bond acceptors (Lipinski definition) is 2. The van der Waals surface area contributed by atoms with Gasteiger partial charge in [-0.2, -0.15) is 0 Å². The van der Waals surface area contributed by atoms with Gasteiger partial charge in [0.25, 0.3) is 0 Å². The third-order valence-corrected chi connectivity index (χ3v) is 4.51. The zero-order chi connectivity index (χ0) is 10.8. The van der Waals surface area contributed by atoms with Crippen LogP contribution >= 0.6 is 0 Å². The average molecular weight is 227 g/mol. The number of nitrogens with two attached hydrogens (primary N) is 1. The fraction of sp³-hybridized carbons (Fsp3) is 0.455. The Balaban J connectivity index is 2.14. The highest BCUT2D eigenvalue weighted by Crippen LogP contribution is 2.26. The summed E-state index contributed by atoms with van der Waals surface area (Å²) >= 11 is 0. The van der Waals surface area contributed by atoms with Crippen molar-refractivity contribution < 1.29 is 8.60 Å². The highest BCUT2D eigenvalue weighted by atomic mass is 32.2. The van der Waals surface area contributed by atoms with Gasteiger partial charge in [0, 0.05) is 16.2 Å². The molecule has 3 atom stereocenters. The quantitative estimate of drug-likeness (QED) is 0.837. The van der Waals surface area contributed by atoms with Crippen molar-refractivity contribution in [3.05, 3.63) is 30.1 Å². The van der Waals surface area contributed by atoms with Gasteiger partial charge < -0.3 is 5.73 Å². The van der Waals surface area contributed by atoms with Crippen LogP contribution in [-0.2, 0) is 10.8 Å². The highest BCUT2D eigenvalue weighted by molar-refractivity contribution is 7.85. The smallest absolute Gasteiger partial charge is 0.124 e. The lowest BCUT2D eigenvalue weighted by Gasteiger charge is -2.09. The number of hydrogen-bond donors (Lipinski definition) is 1. The van der Waals surface area contributed by atoms with Crippen molar-refractivity contribution in [2.75, 3.05) is 0 Å². The Kier molecular flexibility index (Phi) is 3.17. The standard InChI is InChI=1S/C11H14FNOS/c12-8-2-1-3-10(6-8)15(14)11-5-4-9(13)7-11/h1-3,6,9,11H,4-5,7,13H2. The van der Waals surface area contributed by atoms with Gasteiger partial charge in [-0.25, -0.2) is 4.39 Å². The van der Waals surface area contributed by atoms with Gasteiger partial charge in [-0.05, 0) is 37.5 Å². The van der Waals surface area contributed by atoms with Crippen LogP contribution in [0.5, 0.6) is 0 Å². The Morgan fingerprint density at radius 3 is 2.80 bits per heavy atom. The Morgan fingerprint density at radius 2 is 2.20 bits per heavy atom. The first-order valence-electron chi connectivity index (χ1n) is 5.08. The van der Waals surface area contributed by atoms with Crippen molar-refractivity contribution in [3.8, 4) is 0 Å². The molecule has 0 amide bonds.